The van der Waals surface area contributed by atoms with E-state index >= 15 is 0 Å². The van der Waals surface area contributed by atoms with Crippen LogP contribution in [0.5, 0.6) is 0 Å². The lowest BCUT2D eigenvalue weighted by molar-refractivity contribution is 0.584. The van der Waals surface area contributed by atoms with E-state index in [1.165, 1.54) is 12.1 Å². The standard InChI is InChI=1S/C12H13F2N3/c1-17-7-16-11(2-3-15)12(17)8-4-9(13)6-10(14)5-8/h4-7H,2-3,15H2,1H3. The maximum absolute atomic E-state index is 13.2. The molecule has 0 aliphatic rings. The molecule has 1 aromatic heterocycles. The fraction of sp³-hybridized carbons (Fsp3) is 0.250. The average molecular weight is 237 g/mol. The van der Waals surface area contributed by atoms with Crippen molar-refractivity contribution in [1.29, 1.82) is 0 Å². The predicted octanol–water partition coefficient (Wildman–Crippen LogP) is 1.87. The summed E-state index contributed by atoms with van der Waals surface area (Å²) in [6.07, 6.45) is 2.19. The van der Waals surface area contributed by atoms with E-state index in [1.807, 2.05) is 0 Å². The Hall–Kier alpha value is -1.75. The summed E-state index contributed by atoms with van der Waals surface area (Å²) < 4.78 is 28.1. The molecule has 1 aromatic carbocycles. The fourth-order valence-corrected chi connectivity index (χ4v) is 1.86. The van der Waals surface area contributed by atoms with Gasteiger partial charge in [0, 0.05) is 25.1 Å². The second kappa shape index (κ2) is 4.63. The van der Waals surface area contributed by atoms with Crippen LogP contribution in [0.1, 0.15) is 5.69 Å². The number of nitrogens with two attached hydrogens (primary N) is 1. The number of benzene rings is 1. The summed E-state index contributed by atoms with van der Waals surface area (Å²) in [4.78, 5) is 4.18. The number of imidazole rings is 1. The summed E-state index contributed by atoms with van der Waals surface area (Å²) in [5.41, 5.74) is 7.41. The molecule has 90 valence electrons. The van der Waals surface area contributed by atoms with Crippen LogP contribution in [0, 0.1) is 11.6 Å². The number of aryl methyl sites for hydroxylation is 1. The van der Waals surface area contributed by atoms with E-state index in [9.17, 15) is 8.78 Å². The lowest BCUT2D eigenvalue weighted by Gasteiger charge is -2.06. The third-order valence-corrected chi connectivity index (χ3v) is 2.53. The minimum Gasteiger partial charge on any atom is -0.334 e. The Balaban J connectivity index is 2.54. The van der Waals surface area contributed by atoms with Gasteiger partial charge in [0.2, 0.25) is 0 Å². The zero-order valence-electron chi connectivity index (χ0n) is 9.45. The van der Waals surface area contributed by atoms with E-state index in [4.69, 9.17) is 5.73 Å². The maximum Gasteiger partial charge on any atom is 0.126 e. The Morgan fingerprint density at radius 2 is 1.88 bits per heavy atom. The number of rotatable bonds is 3. The lowest BCUT2D eigenvalue weighted by Crippen LogP contribution is -2.05. The first-order valence-corrected chi connectivity index (χ1v) is 5.28. The molecule has 0 fully saturated rings. The fourth-order valence-electron chi connectivity index (χ4n) is 1.86. The molecule has 5 heteroatoms. The SMILES string of the molecule is Cn1cnc(CCN)c1-c1cc(F)cc(F)c1. The number of hydrogen-bond donors (Lipinski definition) is 1. The molecule has 0 aliphatic carbocycles. The molecular formula is C12H13F2N3. The molecule has 0 spiro atoms. The van der Waals surface area contributed by atoms with Gasteiger partial charge in [0.25, 0.3) is 0 Å². The van der Waals surface area contributed by atoms with Crippen LogP contribution in [0.15, 0.2) is 24.5 Å². The molecule has 0 aliphatic heterocycles. The molecule has 0 amide bonds. The van der Waals surface area contributed by atoms with Gasteiger partial charge in [0.05, 0.1) is 17.7 Å². The number of halogens is 2. The molecule has 17 heavy (non-hydrogen) atoms. The summed E-state index contributed by atoms with van der Waals surface area (Å²) in [6, 6.07) is 3.43. The molecule has 0 saturated carbocycles. The lowest BCUT2D eigenvalue weighted by atomic mass is 10.1. The van der Waals surface area contributed by atoms with E-state index in [0.29, 0.717) is 24.2 Å². The topological polar surface area (TPSA) is 43.8 Å². The third kappa shape index (κ3) is 2.34. The summed E-state index contributed by atoms with van der Waals surface area (Å²) in [6.45, 7) is 0.446. The first-order valence-electron chi connectivity index (χ1n) is 5.28. The molecule has 0 radical (unpaired) electrons. The van der Waals surface area contributed by atoms with E-state index in [2.05, 4.69) is 4.98 Å². The van der Waals surface area contributed by atoms with Crippen molar-refractivity contribution in [3.63, 3.8) is 0 Å². The highest BCUT2D eigenvalue weighted by atomic mass is 19.1. The molecule has 0 atom stereocenters. The van der Waals surface area contributed by atoms with Gasteiger partial charge < -0.3 is 10.3 Å². The van der Waals surface area contributed by atoms with Gasteiger partial charge in [-0.3, -0.25) is 0 Å². The molecule has 3 nitrogen and oxygen atoms in total. The quantitative estimate of drug-likeness (QED) is 0.885. The van der Waals surface area contributed by atoms with E-state index in [1.54, 1.807) is 17.9 Å². The Bertz CT molecular complexity index is 514. The zero-order valence-corrected chi connectivity index (χ0v) is 9.45. The maximum atomic E-state index is 13.2. The summed E-state index contributed by atoms with van der Waals surface area (Å²) in [5, 5.41) is 0. The highest BCUT2D eigenvalue weighted by molar-refractivity contribution is 5.62. The monoisotopic (exact) mass is 237 g/mol. The van der Waals surface area contributed by atoms with Gasteiger partial charge in [-0.2, -0.15) is 0 Å². The molecule has 2 N–H and O–H groups in total. The van der Waals surface area contributed by atoms with Gasteiger partial charge in [-0.25, -0.2) is 13.8 Å². The average Bonchev–Trinajstić information content (AvgIpc) is 2.59. The van der Waals surface area contributed by atoms with Crippen LogP contribution in [0.25, 0.3) is 11.3 Å². The number of nitrogens with zero attached hydrogens (tertiary/aromatic N) is 2. The minimum absolute atomic E-state index is 0.446. The smallest absolute Gasteiger partial charge is 0.126 e. The first kappa shape index (κ1) is 11.7. The van der Waals surface area contributed by atoms with Crippen LogP contribution < -0.4 is 5.73 Å². The van der Waals surface area contributed by atoms with Crippen molar-refractivity contribution in [3.05, 3.63) is 41.9 Å². The molecule has 0 saturated heterocycles. The van der Waals surface area contributed by atoms with Crippen molar-refractivity contribution in [1.82, 2.24) is 9.55 Å². The Morgan fingerprint density at radius 1 is 1.24 bits per heavy atom. The number of hydrogen-bond acceptors (Lipinski definition) is 2. The van der Waals surface area contributed by atoms with Crippen molar-refractivity contribution in [3.8, 4) is 11.3 Å². The van der Waals surface area contributed by atoms with Crippen molar-refractivity contribution in [2.45, 2.75) is 6.42 Å². The highest BCUT2D eigenvalue weighted by Crippen LogP contribution is 2.24. The van der Waals surface area contributed by atoms with Gasteiger partial charge in [-0.05, 0) is 18.7 Å². The normalized spacial score (nSPS) is 10.8. The van der Waals surface area contributed by atoms with Crippen molar-refractivity contribution < 1.29 is 8.78 Å². The van der Waals surface area contributed by atoms with Crippen LogP contribution in [0.3, 0.4) is 0 Å². The van der Waals surface area contributed by atoms with Gasteiger partial charge in [0.15, 0.2) is 0 Å². The predicted molar refractivity (Wildman–Crippen MR) is 61.3 cm³/mol. The molecular weight excluding hydrogens is 224 g/mol. The molecule has 0 bridgehead atoms. The van der Waals surface area contributed by atoms with Crippen molar-refractivity contribution >= 4 is 0 Å². The van der Waals surface area contributed by atoms with Crippen LogP contribution in [0.4, 0.5) is 8.78 Å². The van der Waals surface area contributed by atoms with Gasteiger partial charge in [-0.1, -0.05) is 0 Å². The summed E-state index contributed by atoms with van der Waals surface area (Å²) >= 11 is 0. The van der Waals surface area contributed by atoms with Crippen LogP contribution in [-0.4, -0.2) is 16.1 Å². The zero-order chi connectivity index (χ0) is 12.4. The molecule has 2 rings (SSSR count). The first-order chi connectivity index (χ1) is 8.11. The summed E-state index contributed by atoms with van der Waals surface area (Å²) in [5.74, 6) is -1.19. The van der Waals surface area contributed by atoms with E-state index in [0.717, 1.165) is 11.8 Å². The van der Waals surface area contributed by atoms with Crippen molar-refractivity contribution in [2.75, 3.05) is 6.54 Å². The minimum atomic E-state index is -0.597. The largest absolute Gasteiger partial charge is 0.334 e. The molecule has 0 unspecified atom stereocenters. The highest BCUT2D eigenvalue weighted by Gasteiger charge is 2.12. The van der Waals surface area contributed by atoms with E-state index in [-0.39, 0.29) is 0 Å². The summed E-state index contributed by atoms with van der Waals surface area (Å²) in [7, 11) is 1.78. The second-order valence-corrected chi connectivity index (χ2v) is 3.85. The second-order valence-electron chi connectivity index (χ2n) is 3.85. The molecule has 2 aromatic rings. The van der Waals surface area contributed by atoms with Gasteiger partial charge in [0.1, 0.15) is 11.6 Å². The van der Waals surface area contributed by atoms with Crippen LogP contribution in [-0.2, 0) is 13.5 Å². The molecule has 1 heterocycles. The Morgan fingerprint density at radius 3 is 2.47 bits per heavy atom. The van der Waals surface area contributed by atoms with Crippen molar-refractivity contribution in [2.24, 2.45) is 12.8 Å². The van der Waals surface area contributed by atoms with Gasteiger partial charge >= 0.3 is 0 Å². The number of aromatic nitrogens is 2. The Kier molecular flexibility index (Phi) is 3.19. The third-order valence-electron chi connectivity index (χ3n) is 2.53. The Labute approximate surface area is 97.9 Å². The van der Waals surface area contributed by atoms with Crippen LogP contribution >= 0.6 is 0 Å². The van der Waals surface area contributed by atoms with E-state index < -0.39 is 11.6 Å². The van der Waals surface area contributed by atoms with Gasteiger partial charge in [-0.15, -0.1) is 0 Å². The van der Waals surface area contributed by atoms with Crippen LogP contribution in [0.2, 0.25) is 0 Å².